The minimum Gasteiger partial charge on any atom is -0.508 e. The smallest absolute Gasteiger partial charge is 0.227 e. The lowest BCUT2D eigenvalue weighted by atomic mass is 10.0. The first-order valence-corrected chi connectivity index (χ1v) is 9.53. The van der Waals surface area contributed by atoms with E-state index in [1.54, 1.807) is 12.1 Å². The zero-order valence-electron chi connectivity index (χ0n) is 16.3. The lowest BCUT2D eigenvalue weighted by molar-refractivity contribution is -0.119. The SMILES string of the molecule is CC(=O)N[C@@H](C)c1ccc2nc(-c3ccc(Cc4cccc(O)c4)cc3)oc2c1. The summed E-state index contributed by atoms with van der Waals surface area (Å²) in [5.41, 5.74) is 5.54. The first-order chi connectivity index (χ1) is 14.0. The van der Waals surface area contributed by atoms with Gasteiger partial charge < -0.3 is 14.8 Å². The second kappa shape index (κ2) is 7.80. The molecule has 0 aliphatic heterocycles. The minimum atomic E-state index is -0.0952. The van der Waals surface area contributed by atoms with E-state index in [1.807, 2.05) is 61.5 Å². The molecule has 0 bridgehead atoms. The molecule has 5 nitrogen and oxygen atoms in total. The molecule has 0 fully saturated rings. The summed E-state index contributed by atoms with van der Waals surface area (Å²) in [5, 5.41) is 12.5. The summed E-state index contributed by atoms with van der Waals surface area (Å²) in [6.45, 7) is 3.44. The maximum Gasteiger partial charge on any atom is 0.227 e. The Hall–Kier alpha value is -3.60. The number of nitrogens with one attached hydrogen (secondary N) is 1. The van der Waals surface area contributed by atoms with Crippen molar-refractivity contribution in [1.29, 1.82) is 0 Å². The number of amides is 1. The van der Waals surface area contributed by atoms with Crippen molar-refractivity contribution < 1.29 is 14.3 Å². The van der Waals surface area contributed by atoms with Crippen LogP contribution in [0.3, 0.4) is 0 Å². The van der Waals surface area contributed by atoms with Crippen molar-refractivity contribution in [2.45, 2.75) is 26.3 Å². The number of hydrogen-bond donors (Lipinski definition) is 2. The highest BCUT2D eigenvalue weighted by atomic mass is 16.3. The van der Waals surface area contributed by atoms with Gasteiger partial charge in [-0.25, -0.2) is 4.98 Å². The Labute approximate surface area is 169 Å². The largest absolute Gasteiger partial charge is 0.508 e. The molecule has 1 atom stereocenters. The Morgan fingerprint density at radius 2 is 1.86 bits per heavy atom. The molecule has 0 unspecified atom stereocenters. The van der Waals surface area contributed by atoms with Gasteiger partial charge in [0.15, 0.2) is 5.58 Å². The average molecular weight is 386 g/mol. The van der Waals surface area contributed by atoms with Crippen LogP contribution in [0.25, 0.3) is 22.6 Å². The zero-order valence-corrected chi connectivity index (χ0v) is 16.3. The van der Waals surface area contributed by atoms with Crippen LogP contribution in [-0.2, 0) is 11.2 Å². The van der Waals surface area contributed by atoms with Gasteiger partial charge in [-0.3, -0.25) is 4.79 Å². The number of aromatic hydroxyl groups is 1. The second-order valence-corrected chi connectivity index (χ2v) is 7.21. The van der Waals surface area contributed by atoms with E-state index in [0.29, 0.717) is 11.5 Å². The normalized spacial score (nSPS) is 12.1. The van der Waals surface area contributed by atoms with Crippen LogP contribution >= 0.6 is 0 Å². The molecule has 4 rings (SSSR count). The number of phenols is 1. The lowest BCUT2D eigenvalue weighted by Crippen LogP contribution is -2.23. The highest BCUT2D eigenvalue weighted by Gasteiger charge is 2.12. The standard InChI is InChI=1S/C24H22N2O3/c1-15(25-16(2)27)20-10-11-22-23(14-20)29-24(26-22)19-8-6-17(7-9-19)12-18-4-3-5-21(28)13-18/h3-11,13-15,28H,12H2,1-2H3,(H,25,27)/t15-/m0/s1. The van der Waals surface area contributed by atoms with Crippen LogP contribution < -0.4 is 5.32 Å². The minimum absolute atomic E-state index is 0.0679. The van der Waals surface area contributed by atoms with Crippen LogP contribution in [0.2, 0.25) is 0 Å². The Bertz CT molecular complexity index is 1160. The predicted molar refractivity (Wildman–Crippen MR) is 113 cm³/mol. The van der Waals surface area contributed by atoms with Gasteiger partial charge in [-0.05, 0) is 66.4 Å². The molecule has 1 amide bonds. The average Bonchev–Trinajstić information content (AvgIpc) is 3.11. The molecule has 4 aromatic rings. The first-order valence-electron chi connectivity index (χ1n) is 9.53. The maximum absolute atomic E-state index is 11.3. The monoisotopic (exact) mass is 386 g/mol. The maximum atomic E-state index is 11.3. The lowest BCUT2D eigenvalue weighted by Gasteiger charge is -2.12. The third-order valence-corrected chi connectivity index (χ3v) is 4.85. The molecule has 29 heavy (non-hydrogen) atoms. The number of carbonyl (C=O) groups excluding carboxylic acids is 1. The highest BCUT2D eigenvalue weighted by Crippen LogP contribution is 2.27. The van der Waals surface area contributed by atoms with Crippen molar-refractivity contribution >= 4 is 17.0 Å². The van der Waals surface area contributed by atoms with Crippen molar-refractivity contribution in [3.05, 3.63) is 83.4 Å². The van der Waals surface area contributed by atoms with Crippen molar-refractivity contribution in [2.24, 2.45) is 0 Å². The molecule has 1 heterocycles. The van der Waals surface area contributed by atoms with Crippen LogP contribution in [0.15, 0.2) is 71.1 Å². The third kappa shape index (κ3) is 4.29. The van der Waals surface area contributed by atoms with E-state index in [4.69, 9.17) is 4.42 Å². The van der Waals surface area contributed by atoms with E-state index in [-0.39, 0.29) is 17.7 Å². The second-order valence-electron chi connectivity index (χ2n) is 7.21. The summed E-state index contributed by atoms with van der Waals surface area (Å²) in [6, 6.07) is 21.0. The van der Waals surface area contributed by atoms with Crippen molar-refractivity contribution in [1.82, 2.24) is 10.3 Å². The number of aromatic nitrogens is 1. The van der Waals surface area contributed by atoms with Gasteiger partial charge in [-0.2, -0.15) is 0 Å². The molecule has 0 aliphatic rings. The van der Waals surface area contributed by atoms with Crippen molar-refractivity contribution in [3.63, 3.8) is 0 Å². The van der Waals surface area contributed by atoms with E-state index in [0.717, 1.165) is 34.2 Å². The number of benzene rings is 3. The number of oxazole rings is 1. The molecular formula is C24H22N2O3. The number of fused-ring (bicyclic) bond motifs is 1. The van der Waals surface area contributed by atoms with Gasteiger partial charge in [0.05, 0.1) is 6.04 Å². The topological polar surface area (TPSA) is 75.4 Å². The number of carbonyl (C=O) groups is 1. The molecule has 5 heteroatoms. The molecule has 146 valence electrons. The fourth-order valence-corrected chi connectivity index (χ4v) is 3.39. The van der Waals surface area contributed by atoms with Gasteiger partial charge in [0.25, 0.3) is 0 Å². The first kappa shape index (κ1) is 18.7. The van der Waals surface area contributed by atoms with Gasteiger partial charge in [0.2, 0.25) is 11.8 Å². The predicted octanol–water partition coefficient (Wildman–Crippen LogP) is 4.99. The number of rotatable bonds is 5. The molecule has 0 saturated carbocycles. The van der Waals surface area contributed by atoms with Crippen LogP contribution in [0.5, 0.6) is 5.75 Å². The Morgan fingerprint density at radius 1 is 1.07 bits per heavy atom. The Kier molecular flexibility index (Phi) is 5.04. The Morgan fingerprint density at radius 3 is 2.59 bits per heavy atom. The van der Waals surface area contributed by atoms with E-state index < -0.39 is 0 Å². The molecule has 0 radical (unpaired) electrons. The summed E-state index contributed by atoms with van der Waals surface area (Å²) < 4.78 is 5.97. The Balaban J connectivity index is 1.55. The van der Waals surface area contributed by atoms with E-state index in [9.17, 15) is 9.90 Å². The zero-order chi connectivity index (χ0) is 20.4. The van der Waals surface area contributed by atoms with Gasteiger partial charge in [-0.1, -0.05) is 30.3 Å². The summed E-state index contributed by atoms with van der Waals surface area (Å²) in [6.07, 6.45) is 0.743. The fraction of sp³-hybridized carbons (Fsp3) is 0.167. The summed E-state index contributed by atoms with van der Waals surface area (Å²) in [4.78, 5) is 15.9. The molecule has 0 spiro atoms. The summed E-state index contributed by atoms with van der Waals surface area (Å²) >= 11 is 0. The highest BCUT2D eigenvalue weighted by molar-refractivity contribution is 5.78. The van der Waals surface area contributed by atoms with E-state index in [2.05, 4.69) is 10.3 Å². The number of nitrogens with zero attached hydrogens (tertiary/aromatic N) is 1. The molecule has 3 aromatic carbocycles. The van der Waals surface area contributed by atoms with Crippen molar-refractivity contribution in [3.8, 4) is 17.2 Å². The van der Waals surface area contributed by atoms with Gasteiger partial charge in [0, 0.05) is 12.5 Å². The van der Waals surface area contributed by atoms with Gasteiger partial charge in [-0.15, -0.1) is 0 Å². The number of hydrogen-bond acceptors (Lipinski definition) is 4. The quantitative estimate of drug-likeness (QED) is 0.507. The van der Waals surface area contributed by atoms with Crippen LogP contribution in [0, 0.1) is 0 Å². The van der Waals surface area contributed by atoms with Crippen LogP contribution in [0.4, 0.5) is 0 Å². The summed E-state index contributed by atoms with van der Waals surface area (Å²) in [7, 11) is 0. The number of phenolic OH excluding ortho intramolecular Hbond substituents is 1. The van der Waals surface area contributed by atoms with Gasteiger partial charge >= 0.3 is 0 Å². The van der Waals surface area contributed by atoms with Crippen LogP contribution in [0.1, 0.15) is 36.6 Å². The van der Waals surface area contributed by atoms with E-state index >= 15 is 0 Å². The van der Waals surface area contributed by atoms with E-state index in [1.165, 1.54) is 6.92 Å². The van der Waals surface area contributed by atoms with Crippen LogP contribution in [-0.4, -0.2) is 16.0 Å². The van der Waals surface area contributed by atoms with Crippen molar-refractivity contribution in [2.75, 3.05) is 0 Å². The molecule has 0 saturated heterocycles. The molecular weight excluding hydrogens is 364 g/mol. The third-order valence-electron chi connectivity index (χ3n) is 4.85. The molecule has 2 N–H and O–H groups in total. The molecule has 0 aliphatic carbocycles. The fourth-order valence-electron chi connectivity index (χ4n) is 3.39. The summed E-state index contributed by atoms with van der Waals surface area (Å²) in [5.74, 6) is 0.771. The molecule has 1 aromatic heterocycles. The van der Waals surface area contributed by atoms with Gasteiger partial charge in [0.1, 0.15) is 11.3 Å².